The van der Waals surface area contributed by atoms with Crippen LogP contribution in [-0.2, 0) is 29.8 Å². The molecular formula is C18H28O5S. The quantitative estimate of drug-likeness (QED) is 0.685. The summed E-state index contributed by atoms with van der Waals surface area (Å²) >= 11 is 0. The van der Waals surface area contributed by atoms with Crippen LogP contribution in [0.4, 0.5) is 0 Å². The number of fused-ring (bicyclic) bond motifs is 3. The van der Waals surface area contributed by atoms with Gasteiger partial charge in [-0.25, -0.2) is 0 Å². The minimum atomic E-state index is -1.23. The highest BCUT2D eigenvalue weighted by Gasteiger charge is 2.58. The molecule has 0 spiro atoms. The Labute approximate surface area is 146 Å². The zero-order chi connectivity index (χ0) is 17.5. The van der Waals surface area contributed by atoms with Crippen molar-refractivity contribution in [2.45, 2.75) is 82.2 Å². The summed E-state index contributed by atoms with van der Waals surface area (Å²) in [4.78, 5) is 12.9. The average molecular weight is 356 g/mol. The maximum Gasteiger partial charge on any atom is 0.229 e. The average Bonchev–Trinajstić information content (AvgIpc) is 2.98. The van der Waals surface area contributed by atoms with E-state index in [0.29, 0.717) is 19.3 Å². The Morgan fingerprint density at radius 1 is 1.33 bits per heavy atom. The van der Waals surface area contributed by atoms with Crippen molar-refractivity contribution < 1.29 is 23.2 Å². The number of allylic oxidation sites excluding steroid dienone is 1. The molecule has 0 aromatic carbocycles. The molecule has 1 aliphatic carbocycles. The van der Waals surface area contributed by atoms with Gasteiger partial charge in [-0.05, 0) is 39.2 Å². The molecule has 0 radical (unpaired) electrons. The fourth-order valence-corrected chi connectivity index (χ4v) is 5.17. The SMILES string of the molecule is CCCCCC(=O)[C@]1(S(C)=O)CC=C2O[C@@H]3OC(C)(C)O[C@@H]3[C@H]2C1. The summed E-state index contributed by atoms with van der Waals surface area (Å²) in [6.45, 7) is 5.84. The lowest BCUT2D eigenvalue weighted by Crippen LogP contribution is -2.47. The normalized spacial score (nSPS) is 38.0. The molecule has 0 aromatic heterocycles. The molecule has 3 aliphatic rings. The van der Waals surface area contributed by atoms with Crippen molar-refractivity contribution in [2.75, 3.05) is 6.26 Å². The highest BCUT2D eigenvalue weighted by atomic mass is 32.2. The van der Waals surface area contributed by atoms with E-state index in [1.807, 2.05) is 19.9 Å². The Kier molecular flexibility index (Phi) is 4.93. The molecular weight excluding hydrogens is 328 g/mol. The summed E-state index contributed by atoms with van der Waals surface area (Å²) in [5, 5.41) is 0. The van der Waals surface area contributed by atoms with Gasteiger partial charge in [-0.2, -0.15) is 0 Å². The molecule has 0 saturated carbocycles. The van der Waals surface area contributed by atoms with Gasteiger partial charge in [0, 0.05) is 23.5 Å². The predicted molar refractivity (Wildman–Crippen MR) is 91.7 cm³/mol. The molecule has 0 bridgehead atoms. The maximum absolute atomic E-state index is 12.9. The number of hydrogen-bond donors (Lipinski definition) is 0. The number of rotatable bonds is 6. The van der Waals surface area contributed by atoms with Crippen molar-refractivity contribution >= 4 is 16.6 Å². The lowest BCUT2D eigenvalue weighted by atomic mass is 9.79. The molecule has 0 amide bonds. The lowest BCUT2D eigenvalue weighted by molar-refractivity contribution is -0.187. The van der Waals surface area contributed by atoms with E-state index in [9.17, 15) is 9.00 Å². The smallest absolute Gasteiger partial charge is 0.229 e. The highest BCUT2D eigenvalue weighted by Crippen LogP contribution is 2.50. The fourth-order valence-electron chi connectivity index (χ4n) is 4.01. The zero-order valence-corrected chi connectivity index (χ0v) is 15.8. The largest absolute Gasteiger partial charge is 0.466 e. The van der Waals surface area contributed by atoms with Crippen molar-refractivity contribution in [3.63, 3.8) is 0 Å². The van der Waals surface area contributed by atoms with Crippen LogP contribution >= 0.6 is 0 Å². The van der Waals surface area contributed by atoms with Gasteiger partial charge in [-0.3, -0.25) is 9.00 Å². The van der Waals surface area contributed by atoms with Gasteiger partial charge in [-0.1, -0.05) is 19.8 Å². The van der Waals surface area contributed by atoms with Crippen LogP contribution in [0.1, 0.15) is 59.3 Å². The standard InChI is InChI=1S/C18H28O5S/c1-5-6-7-8-14(19)18(24(4)20)10-9-13-12(11-18)15-16(21-13)23-17(2,3)22-15/h9,12,15-16H,5-8,10-11H2,1-4H3/t12-,15+,16+,18-,24?/m0/s1. The highest BCUT2D eigenvalue weighted by molar-refractivity contribution is 7.86. The molecule has 1 unspecified atom stereocenters. The summed E-state index contributed by atoms with van der Waals surface area (Å²) in [6, 6.07) is 0. The molecule has 0 aromatic rings. The first kappa shape index (κ1) is 18.1. The molecule has 5 atom stereocenters. The topological polar surface area (TPSA) is 61.8 Å². The van der Waals surface area contributed by atoms with E-state index in [-0.39, 0.29) is 17.8 Å². The molecule has 5 nitrogen and oxygen atoms in total. The monoisotopic (exact) mass is 356 g/mol. The van der Waals surface area contributed by atoms with Gasteiger partial charge in [0.25, 0.3) is 0 Å². The third kappa shape index (κ3) is 3.08. The van der Waals surface area contributed by atoms with Gasteiger partial charge in [0.1, 0.15) is 16.6 Å². The van der Waals surface area contributed by atoms with Gasteiger partial charge in [-0.15, -0.1) is 0 Å². The van der Waals surface area contributed by atoms with Crippen LogP contribution in [0.2, 0.25) is 0 Å². The lowest BCUT2D eigenvalue weighted by Gasteiger charge is -2.36. The van der Waals surface area contributed by atoms with E-state index in [1.54, 1.807) is 6.26 Å². The summed E-state index contributed by atoms with van der Waals surface area (Å²) in [7, 11) is -1.23. The Balaban J connectivity index is 1.80. The second kappa shape index (κ2) is 6.54. The number of unbranched alkanes of at least 4 members (excludes halogenated alkanes) is 2. The molecule has 2 fully saturated rings. The van der Waals surface area contributed by atoms with Gasteiger partial charge >= 0.3 is 0 Å². The summed E-state index contributed by atoms with van der Waals surface area (Å²) in [6.07, 6.45) is 7.41. The number of ketones is 1. The third-order valence-corrected chi connectivity index (χ3v) is 7.01. The van der Waals surface area contributed by atoms with E-state index in [0.717, 1.165) is 25.0 Å². The first-order chi connectivity index (χ1) is 11.3. The van der Waals surface area contributed by atoms with Crippen LogP contribution in [0.15, 0.2) is 11.8 Å². The predicted octanol–water partition coefficient (Wildman–Crippen LogP) is 3.05. The summed E-state index contributed by atoms with van der Waals surface area (Å²) in [5.74, 6) is 0.221. The van der Waals surface area contributed by atoms with Crippen LogP contribution in [0.3, 0.4) is 0 Å². The van der Waals surface area contributed by atoms with Crippen molar-refractivity contribution in [3.8, 4) is 0 Å². The molecule has 2 aliphatic heterocycles. The molecule has 3 rings (SSSR count). The van der Waals surface area contributed by atoms with Crippen LogP contribution in [0.5, 0.6) is 0 Å². The van der Waals surface area contributed by atoms with E-state index in [2.05, 4.69) is 6.92 Å². The first-order valence-electron chi connectivity index (χ1n) is 8.88. The van der Waals surface area contributed by atoms with Crippen molar-refractivity contribution in [2.24, 2.45) is 5.92 Å². The Bertz CT molecular complexity index is 570. The van der Waals surface area contributed by atoms with Gasteiger partial charge in [0.15, 0.2) is 11.6 Å². The van der Waals surface area contributed by atoms with E-state index >= 15 is 0 Å². The number of ether oxygens (including phenoxy) is 3. The fraction of sp³-hybridized carbons (Fsp3) is 0.833. The van der Waals surface area contributed by atoms with Gasteiger partial charge < -0.3 is 14.2 Å². The molecule has 0 N–H and O–H groups in total. The van der Waals surface area contributed by atoms with Crippen molar-refractivity contribution in [1.29, 1.82) is 0 Å². The van der Waals surface area contributed by atoms with Crippen molar-refractivity contribution in [1.82, 2.24) is 0 Å². The van der Waals surface area contributed by atoms with Gasteiger partial charge in [0.2, 0.25) is 6.29 Å². The first-order valence-corrected chi connectivity index (χ1v) is 10.4. The molecule has 2 saturated heterocycles. The molecule has 136 valence electrons. The summed E-state index contributed by atoms with van der Waals surface area (Å²) in [5.41, 5.74) is 0. The van der Waals surface area contributed by atoms with Gasteiger partial charge in [0.05, 0.1) is 5.92 Å². The van der Waals surface area contributed by atoms with Crippen molar-refractivity contribution in [3.05, 3.63) is 11.8 Å². The number of carbonyl (C=O) groups is 1. The Morgan fingerprint density at radius 3 is 2.75 bits per heavy atom. The second-order valence-electron chi connectivity index (χ2n) is 7.54. The van der Waals surface area contributed by atoms with E-state index in [1.165, 1.54) is 0 Å². The summed E-state index contributed by atoms with van der Waals surface area (Å²) < 4.78 is 29.4. The number of Topliss-reactive ketones (excluding diaryl/α,β-unsaturated/α-hetero) is 1. The minimum Gasteiger partial charge on any atom is -0.466 e. The van der Waals surface area contributed by atoms with E-state index in [4.69, 9.17) is 14.2 Å². The maximum atomic E-state index is 12.9. The molecule has 6 heteroatoms. The van der Waals surface area contributed by atoms with E-state index < -0.39 is 27.6 Å². The Hall–Kier alpha value is -0.720. The third-order valence-electron chi connectivity index (χ3n) is 5.35. The zero-order valence-electron chi connectivity index (χ0n) is 15.0. The Morgan fingerprint density at radius 2 is 2.08 bits per heavy atom. The second-order valence-corrected chi connectivity index (χ2v) is 9.23. The molecule has 24 heavy (non-hydrogen) atoms. The molecule has 2 heterocycles. The van der Waals surface area contributed by atoms with Crippen LogP contribution in [-0.4, -0.2) is 39.2 Å². The van der Waals surface area contributed by atoms with Crippen LogP contribution in [0, 0.1) is 5.92 Å². The van der Waals surface area contributed by atoms with Crippen LogP contribution < -0.4 is 0 Å². The number of carbonyl (C=O) groups excluding carboxylic acids is 1. The minimum absolute atomic E-state index is 0.0513. The number of hydrogen-bond acceptors (Lipinski definition) is 5. The van der Waals surface area contributed by atoms with Crippen LogP contribution in [0.25, 0.3) is 0 Å².